The molecule has 1 aliphatic rings. The van der Waals surface area contributed by atoms with E-state index in [-0.39, 0.29) is 10.1 Å². The third kappa shape index (κ3) is 5.76. The topological polar surface area (TPSA) is 18.5 Å². The van der Waals surface area contributed by atoms with Crippen LogP contribution in [-0.2, 0) is 0 Å². The van der Waals surface area contributed by atoms with Crippen LogP contribution in [0, 0.1) is 0 Å². The van der Waals surface area contributed by atoms with Crippen LogP contribution in [0.2, 0.25) is 36.3 Å². The van der Waals surface area contributed by atoms with Crippen molar-refractivity contribution in [3.05, 3.63) is 23.8 Å². The van der Waals surface area contributed by atoms with Crippen LogP contribution < -0.4 is 8.85 Å². The zero-order valence-electron chi connectivity index (χ0n) is 19.6. The van der Waals surface area contributed by atoms with Crippen molar-refractivity contribution in [3.8, 4) is 11.5 Å². The minimum absolute atomic E-state index is 0.158. The van der Waals surface area contributed by atoms with Crippen molar-refractivity contribution in [2.45, 2.75) is 88.8 Å². The fourth-order valence-corrected chi connectivity index (χ4v) is 7.28. The number of benzene rings is 1. The van der Waals surface area contributed by atoms with Crippen molar-refractivity contribution in [2.75, 3.05) is 11.5 Å². The third-order valence-electron chi connectivity index (χ3n) is 6.41. The zero-order chi connectivity index (χ0) is 21.4. The van der Waals surface area contributed by atoms with Gasteiger partial charge in [-0.1, -0.05) is 47.6 Å². The molecule has 0 atom stereocenters. The maximum absolute atomic E-state index is 6.81. The Hall–Kier alpha value is -0.0462. The highest BCUT2D eigenvalue weighted by molar-refractivity contribution is 8.16. The molecule has 1 aromatic carbocycles. The van der Waals surface area contributed by atoms with Crippen LogP contribution in [0.3, 0.4) is 0 Å². The molecule has 0 aromatic heterocycles. The summed E-state index contributed by atoms with van der Waals surface area (Å²) in [5.74, 6) is 4.39. The quantitative estimate of drug-likeness (QED) is 0.414. The Morgan fingerprint density at radius 2 is 1.25 bits per heavy atom. The van der Waals surface area contributed by atoms with E-state index in [9.17, 15) is 0 Å². The van der Waals surface area contributed by atoms with Crippen LogP contribution in [0.1, 0.15) is 58.1 Å². The average molecular weight is 457 g/mol. The van der Waals surface area contributed by atoms with Gasteiger partial charge in [0.1, 0.15) is 11.5 Å². The second-order valence-electron chi connectivity index (χ2n) is 10.9. The fraction of sp³-hybridized carbons (Fsp3) is 0.727. The molecule has 0 spiro atoms. The summed E-state index contributed by atoms with van der Waals surface area (Å²) in [5, 5.41) is 0.320. The van der Waals surface area contributed by atoms with Crippen LogP contribution in [0.15, 0.2) is 18.2 Å². The normalized spacial score (nSPS) is 17.5. The molecule has 1 saturated heterocycles. The van der Waals surface area contributed by atoms with Gasteiger partial charge in [0.25, 0.3) is 16.6 Å². The van der Waals surface area contributed by atoms with Gasteiger partial charge >= 0.3 is 0 Å². The standard InChI is InChI=1S/C22H40O2S2Si2/c1-21(2,3)27(7,8)23-18-13-12-17(20-25-14-11-15-26-20)16-19(18)24-28(9,10)22(4,5)6/h12-13,16,20H,11,14-15H2,1-10H3. The lowest BCUT2D eigenvalue weighted by Gasteiger charge is -2.40. The van der Waals surface area contributed by atoms with E-state index < -0.39 is 16.6 Å². The maximum Gasteiger partial charge on any atom is 0.250 e. The molecular weight excluding hydrogens is 417 g/mol. The van der Waals surface area contributed by atoms with Crippen LogP contribution in [-0.4, -0.2) is 28.1 Å². The molecule has 1 heterocycles. The van der Waals surface area contributed by atoms with E-state index in [1.807, 2.05) is 0 Å². The number of hydrogen-bond acceptors (Lipinski definition) is 4. The molecule has 160 valence electrons. The van der Waals surface area contributed by atoms with Crippen LogP contribution in [0.25, 0.3) is 0 Å². The van der Waals surface area contributed by atoms with Crippen molar-refractivity contribution in [3.63, 3.8) is 0 Å². The van der Waals surface area contributed by atoms with E-state index in [1.165, 1.54) is 23.5 Å². The minimum Gasteiger partial charge on any atom is -0.541 e. The summed E-state index contributed by atoms with van der Waals surface area (Å²) in [6, 6.07) is 6.71. The summed E-state index contributed by atoms with van der Waals surface area (Å²) in [6.07, 6.45) is 1.31. The first-order chi connectivity index (χ1) is 12.6. The maximum atomic E-state index is 6.81. The van der Waals surface area contributed by atoms with Crippen LogP contribution >= 0.6 is 23.5 Å². The Bertz CT molecular complexity index is 670. The van der Waals surface area contributed by atoms with Gasteiger partial charge in [0.05, 0.1) is 4.58 Å². The summed E-state index contributed by atoms with van der Waals surface area (Å²) >= 11 is 4.12. The Morgan fingerprint density at radius 1 is 0.786 bits per heavy atom. The lowest BCUT2D eigenvalue weighted by molar-refractivity contribution is 0.440. The first kappa shape index (κ1) is 24.2. The smallest absolute Gasteiger partial charge is 0.250 e. The van der Waals surface area contributed by atoms with Gasteiger partial charge in [-0.2, -0.15) is 0 Å². The molecule has 0 saturated carbocycles. The molecule has 2 nitrogen and oxygen atoms in total. The highest BCUT2D eigenvalue weighted by Gasteiger charge is 2.42. The average Bonchev–Trinajstić information content (AvgIpc) is 2.54. The van der Waals surface area contributed by atoms with Crippen molar-refractivity contribution in [1.82, 2.24) is 0 Å². The molecule has 0 aliphatic carbocycles. The van der Waals surface area contributed by atoms with Gasteiger partial charge < -0.3 is 8.85 Å². The van der Waals surface area contributed by atoms with Gasteiger partial charge in [0.2, 0.25) is 0 Å². The summed E-state index contributed by atoms with van der Waals surface area (Å²) < 4.78 is 14.0. The van der Waals surface area contributed by atoms with Crippen LogP contribution in [0.5, 0.6) is 11.5 Å². The molecule has 1 aromatic rings. The van der Waals surface area contributed by atoms with Crippen molar-refractivity contribution < 1.29 is 8.85 Å². The van der Waals surface area contributed by atoms with Gasteiger partial charge in [0.15, 0.2) is 0 Å². The molecule has 1 fully saturated rings. The van der Waals surface area contributed by atoms with Gasteiger partial charge in [-0.15, -0.1) is 23.5 Å². The molecule has 2 rings (SSSR count). The van der Waals surface area contributed by atoms with Crippen molar-refractivity contribution in [1.29, 1.82) is 0 Å². The van der Waals surface area contributed by atoms with Crippen LogP contribution in [0.4, 0.5) is 0 Å². The second-order valence-corrected chi connectivity index (χ2v) is 23.0. The molecule has 0 amide bonds. The summed E-state index contributed by atoms with van der Waals surface area (Å²) in [6.45, 7) is 23.0. The minimum atomic E-state index is -1.95. The van der Waals surface area contributed by atoms with Gasteiger partial charge in [-0.25, -0.2) is 0 Å². The van der Waals surface area contributed by atoms with Gasteiger partial charge in [-0.3, -0.25) is 0 Å². The number of thioether (sulfide) groups is 2. The van der Waals surface area contributed by atoms with E-state index in [2.05, 4.69) is 109 Å². The molecular formula is C22H40O2S2Si2. The Morgan fingerprint density at radius 3 is 1.71 bits per heavy atom. The highest BCUT2D eigenvalue weighted by Crippen LogP contribution is 2.48. The third-order valence-corrected chi connectivity index (χ3v) is 18.1. The van der Waals surface area contributed by atoms with E-state index in [0.717, 1.165) is 11.5 Å². The van der Waals surface area contributed by atoms with E-state index in [1.54, 1.807) is 0 Å². The number of hydrogen-bond donors (Lipinski definition) is 0. The predicted octanol–water partition coefficient (Wildman–Crippen LogP) is 8.32. The fourth-order valence-electron chi connectivity index (χ4n) is 2.37. The van der Waals surface area contributed by atoms with Crippen molar-refractivity contribution in [2.24, 2.45) is 0 Å². The molecule has 0 bridgehead atoms. The van der Waals surface area contributed by atoms with Gasteiger partial charge in [-0.05, 0) is 71.9 Å². The molecule has 0 radical (unpaired) electrons. The monoisotopic (exact) mass is 456 g/mol. The SMILES string of the molecule is CC(C)(C)[Si](C)(C)Oc1ccc(C2SCCCS2)cc1O[Si](C)(C)C(C)(C)C. The number of rotatable bonds is 5. The second kappa shape index (κ2) is 8.60. The van der Waals surface area contributed by atoms with Crippen molar-refractivity contribution >= 4 is 40.2 Å². The zero-order valence-corrected chi connectivity index (χ0v) is 23.2. The summed E-state index contributed by atoms with van der Waals surface area (Å²) in [4.78, 5) is 0. The Kier molecular flexibility index (Phi) is 7.44. The lowest BCUT2D eigenvalue weighted by Crippen LogP contribution is -2.45. The van der Waals surface area contributed by atoms with Gasteiger partial charge in [0, 0.05) is 0 Å². The highest BCUT2D eigenvalue weighted by atomic mass is 32.2. The molecule has 0 unspecified atom stereocenters. The Labute approximate surface area is 184 Å². The van der Waals surface area contributed by atoms with E-state index >= 15 is 0 Å². The molecule has 6 heteroatoms. The summed E-state index contributed by atoms with van der Waals surface area (Å²) in [7, 11) is -3.88. The first-order valence-electron chi connectivity index (χ1n) is 10.4. The lowest BCUT2D eigenvalue weighted by atomic mass is 10.2. The first-order valence-corrected chi connectivity index (χ1v) is 18.3. The Balaban J connectivity index is 2.43. The van der Waals surface area contributed by atoms with E-state index in [0.29, 0.717) is 4.58 Å². The largest absolute Gasteiger partial charge is 0.541 e. The van der Waals surface area contributed by atoms with E-state index in [4.69, 9.17) is 8.85 Å². The molecule has 1 aliphatic heterocycles. The summed E-state index contributed by atoms with van der Waals surface area (Å²) in [5.41, 5.74) is 1.37. The molecule has 0 N–H and O–H groups in total. The predicted molar refractivity (Wildman–Crippen MR) is 134 cm³/mol. The molecule has 28 heavy (non-hydrogen) atoms.